The van der Waals surface area contributed by atoms with E-state index in [9.17, 15) is 8.42 Å². The van der Waals surface area contributed by atoms with E-state index in [4.69, 9.17) is 23.2 Å². The zero-order valence-corrected chi connectivity index (χ0v) is 12.2. The van der Waals surface area contributed by atoms with E-state index in [1.165, 1.54) is 16.4 Å². The maximum atomic E-state index is 12.5. The second-order valence-corrected chi connectivity index (χ2v) is 6.97. The minimum atomic E-state index is -3.65. The number of hydrogen-bond donors (Lipinski definition) is 1. The molecule has 1 aromatic carbocycles. The van der Waals surface area contributed by atoms with Crippen LogP contribution in [0.15, 0.2) is 23.1 Å². The molecule has 1 saturated heterocycles. The van der Waals surface area contributed by atoms with Crippen LogP contribution in [-0.4, -0.2) is 38.9 Å². The van der Waals surface area contributed by atoms with E-state index in [-0.39, 0.29) is 21.0 Å². The summed E-state index contributed by atoms with van der Waals surface area (Å²) in [6, 6.07) is 4.63. The van der Waals surface area contributed by atoms with Gasteiger partial charge < -0.3 is 5.32 Å². The maximum absolute atomic E-state index is 12.5. The van der Waals surface area contributed by atoms with Crippen molar-refractivity contribution < 1.29 is 8.42 Å². The number of nitrogens with zero attached hydrogens (tertiary/aromatic N) is 1. The van der Waals surface area contributed by atoms with Crippen molar-refractivity contribution in [1.82, 2.24) is 9.62 Å². The summed E-state index contributed by atoms with van der Waals surface area (Å²) in [7, 11) is -2.09. The van der Waals surface area contributed by atoms with Crippen molar-refractivity contribution in [1.29, 1.82) is 0 Å². The smallest absolute Gasteiger partial charge is 0.246 e. The van der Waals surface area contributed by atoms with E-state index in [2.05, 4.69) is 5.32 Å². The maximum Gasteiger partial charge on any atom is 0.246 e. The Hall–Kier alpha value is -0.330. The van der Waals surface area contributed by atoms with Crippen molar-refractivity contribution in [3.63, 3.8) is 0 Å². The number of nitrogens with one attached hydrogen (secondary N) is 1. The molecule has 18 heavy (non-hydrogen) atoms. The van der Waals surface area contributed by atoms with Gasteiger partial charge in [0.25, 0.3) is 0 Å². The third-order valence-corrected chi connectivity index (χ3v) is 5.97. The first-order valence-electron chi connectivity index (χ1n) is 5.57. The lowest BCUT2D eigenvalue weighted by atomic mass is 10.3. The first-order valence-corrected chi connectivity index (χ1v) is 7.77. The Bertz CT molecular complexity index is 522. The standard InChI is InChI=1S/C11H14Cl2N2O2S/c1-15(8-5-6-14-7-8)18(16,17)11-9(12)3-2-4-10(11)13/h2-4,8,14H,5-7H2,1H3. The van der Waals surface area contributed by atoms with Crippen LogP contribution in [0.25, 0.3) is 0 Å². The number of benzene rings is 1. The molecule has 0 aliphatic carbocycles. The molecule has 7 heteroatoms. The van der Waals surface area contributed by atoms with E-state index in [1.807, 2.05) is 0 Å². The third kappa shape index (κ3) is 2.51. The van der Waals surface area contributed by atoms with E-state index < -0.39 is 10.0 Å². The third-order valence-electron chi connectivity index (χ3n) is 3.10. The van der Waals surface area contributed by atoms with Crippen molar-refractivity contribution in [2.45, 2.75) is 17.4 Å². The summed E-state index contributed by atoms with van der Waals surface area (Å²) in [6.07, 6.45) is 0.789. The van der Waals surface area contributed by atoms with Gasteiger partial charge in [0.05, 0.1) is 10.0 Å². The topological polar surface area (TPSA) is 49.4 Å². The molecule has 4 nitrogen and oxygen atoms in total. The Labute approximate surface area is 117 Å². The van der Waals surface area contributed by atoms with Gasteiger partial charge in [-0.1, -0.05) is 29.3 Å². The fourth-order valence-corrected chi connectivity index (χ4v) is 4.49. The molecular formula is C11H14Cl2N2O2S. The van der Waals surface area contributed by atoms with Gasteiger partial charge in [0, 0.05) is 19.6 Å². The Morgan fingerprint density at radius 2 is 1.94 bits per heavy atom. The Morgan fingerprint density at radius 1 is 1.33 bits per heavy atom. The van der Waals surface area contributed by atoms with Crippen LogP contribution < -0.4 is 5.32 Å². The summed E-state index contributed by atoms with van der Waals surface area (Å²) >= 11 is 11.9. The predicted octanol–water partition coefficient (Wildman–Crippen LogP) is 1.98. The van der Waals surface area contributed by atoms with E-state index in [0.29, 0.717) is 6.54 Å². The molecule has 1 N–H and O–H groups in total. The van der Waals surface area contributed by atoms with E-state index >= 15 is 0 Å². The Balaban J connectivity index is 2.41. The normalized spacial score (nSPS) is 20.6. The van der Waals surface area contributed by atoms with Crippen LogP contribution in [0.5, 0.6) is 0 Å². The fraction of sp³-hybridized carbons (Fsp3) is 0.455. The van der Waals surface area contributed by atoms with Crippen LogP contribution in [0.3, 0.4) is 0 Å². The molecule has 2 rings (SSSR count). The summed E-state index contributed by atoms with van der Waals surface area (Å²) in [6.45, 7) is 1.47. The van der Waals surface area contributed by atoms with Crippen molar-refractivity contribution in [3.8, 4) is 0 Å². The molecule has 1 aromatic rings. The highest BCUT2D eigenvalue weighted by atomic mass is 35.5. The average Bonchev–Trinajstić information content (AvgIpc) is 2.80. The zero-order valence-electron chi connectivity index (χ0n) is 9.86. The van der Waals surface area contributed by atoms with Crippen molar-refractivity contribution >= 4 is 33.2 Å². The average molecular weight is 309 g/mol. The largest absolute Gasteiger partial charge is 0.315 e. The Morgan fingerprint density at radius 3 is 2.44 bits per heavy atom. The van der Waals surface area contributed by atoms with Gasteiger partial charge in [-0.2, -0.15) is 4.31 Å². The van der Waals surface area contributed by atoms with E-state index in [0.717, 1.165) is 13.0 Å². The van der Waals surface area contributed by atoms with Gasteiger partial charge in [-0.15, -0.1) is 0 Å². The molecule has 100 valence electrons. The lowest BCUT2D eigenvalue weighted by Crippen LogP contribution is -2.38. The SMILES string of the molecule is CN(C1CCNC1)S(=O)(=O)c1c(Cl)cccc1Cl. The van der Waals surface area contributed by atoms with Crippen molar-refractivity contribution in [2.75, 3.05) is 20.1 Å². The van der Waals surface area contributed by atoms with Crippen molar-refractivity contribution in [3.05, 3.63) is 28.2 Å². The van der Waals surface area contributed by atoms with Gasteiger partial charge in [-0.05, 0) is 25.1 Å². The fourth-order valence-electron chi connectivity index (χ4n) is 2.02. The van der Waals surface area contributed by atoms with Crippen molar-refractivity contribution in [2.24, 2.45) is 0 Å². The monoisotopic (exact) mass is 308 g/mol. The molecule has 1 unspecified atom stereocenters. The number of likely N-dealkylation sites (N-methyl/N-ethyl adjacent to an activating group) is 1. The molecule has 0 spiro atoms. The molecule has 1 fully saturated rings. The summed E-state index contributed by atoms with van der Waals surface area (Å²) in [5.41, 5.74) is 0. The molecule has 0 bridgehead atoms. The summed E-state index contributed by atoms with van der Waals surface area (Å²) < 4.78 is 26.3. The van der Waals surface area contributed by atoms with Gasteiger partial charge in [0.15, 0.2) is 0 Å². The van der Waals surface area contributed by atoms with Gasteiger partial charge in [-0.25, -0.2) is 8.42 Å². The highest BCUT2D eigenvalue weighted by Crippen LogP contribution is 2.32. The minimum Gasteiger partial charge on any atom is -0.315 e. The highest BCUT2D eigenvalue weighted by molar-refractivity contribution is 7.89. The van der Waals surface area contributed by atoms with E-state index in [1.54, 1.807) is 13.1 Å². The first-order chi connectivity index (χ1) is 8.44. The number of hydrogen-bond acceptors (Lipinski definition) is 3. The number of sulfonamides is 1. The highest BCUT2D eigenvalue weighted by Gasteiger charge is 2.32. The van der Waals surface area contributed by atoms with Crippen LogP contribution in [0.2, 0.25) is 10.0 Å². The van der Waals surface area contributed by atoms with Crippen LogP contribution in [0.4, 0.5) is 0 Å². The lowest BCUT2D eigenvalue weighted by molar-refractivity contribution is 0.388. The lowest BCUT2D eigenvalue weighted by Gasteiger charge is -2.24. The quantitative estimate of drug-likeness (QED) is 0.929. The van der Waals surface area contributed by atoms with Gasteiger partial charge >= 0.3 is 0 Å². The predicted molar refractivity (Wildman–Crippen MR) is 72.7 cm³/mol. The van der Waals surface area contributed by atoms with Gasteiger partial charge in [0.1, 0.15) is 4.90 Å². The van der Waals surface area contributed by atoms with Crippen LogP contribution in [-0.2, 0) is 10.0 Å². The first kappa shape index (κ1) is 14.1. The number of rotatable bonds is 3. The molecule has 1 atom stereocenters. The van der Waals surface area contributed by atoms with Crippen LogP contribution in [0, 0.1) is 0 Å². The van der Waals surface area contributed by atoms with Crippen LogP contribution >= 0.6 is 23.2 Å². The zero-order chi connectivity index (χ0) is 13.3. The minimum absolute atomic E-state index is 0.0114. The van der Waals surface area contributed by atoms with Gasteiger partial charge in [-0.3, -0.25) is 0 Å². The second kappa shape index (κ2) is 5.35. The Kier molecular flexibility index (Phi) is 4.18. The summed E-state index contributed by atoms with van der Waals surface area (Å²) in [4.78, 5) is -0.0114. The molecule has 0 aromatic heterocycles. The summed E-state index contributed by atoms with van der Waals surface area (Å²) in [5.74, 6) is 0. The second-order valence-electron chi connectivity index (χ2n) is 4.22. The summed E-state index contributed by atoms with van der Waals surface area (Å²) in [5, 5.41) is 3.44. The molecule has 1 aliphatic heterocycles. The number of halogens is 2. The molecule has 1 aliphatic rings. The van der Waals surface area contributed by atoms with Crippen LogP contribution in [0.1, 0.15) is 6.42 Å². The van der Waals surface area contributed by atoms with Gasteiger partial charge in [0.2, 0.25) is 10.0 Å². The molecule has 1 heterocycles. The molecule has 0 amide bonds. The molecular weight excluding hydrogens is 295 g/mol. The molecule has 0 radical (unpaired) electrons. The molecule has 0 saturated carbocycles.